The van der Waals surface area contributed by atoms with E-state index in [9.17, 15) is 4.39 Å². The van der Waals surface area contributed by atoms with Crippen molar-refractivity contribution in [2.45, 2.75) is 40.0 Å². The van der Waals surface area contributed by atoms with E-state index in [4.69, 9.17) is 0 Å². The number of rotatable bonds is 2. The molecule has 7 nitrogen and oxygen atoms in total. The summed E-state index contributed by atoms with van der Waals surface area (Å²) in [6.07, 6.45) is 3.75. The third-order valence-corrected chi connectivity index (χ3v) is 5.26. The van der Waals surface area contributed by atoms with Crippen LogP contribution in [0, 0.1) is 19.7 Å². The van der Waals surface area contributed by atoms with Crippen LogP contribution in [0.25, 0.3) is 27.9 Å². The minimum absolute atomic E-state index is 0. The molecule has 0 atom stereocenters. The van der Waals surface area contributed by atoms with Gasteiger partial charge in [-0.2, -0.15) is 5.10 Å². The Balaban J connectivity index is 0.00000114. The Hall–Kier alpha value is -2.42. The topological polar surface area (TPSA) is 80.9 Å². The van der Waals surface area contributed by atoms with E-state index in [2.05, 4.69) is 30.6 Å². The van der Waals surface area contributed by atoms with Crippen LogP contribution in [-0.4, -0.2) is 42.9 Å². The first kappa shape index (κ1) is 24.8. The molecule has 1 saturated heterocycles. The Labute approximate surface area is 192 Å². The van der Waals surface area contributed by atoms with Gasteiger partial charge in [-0.05, 0) is 63.5 Å². The van der Waals surface area contributed by atoms with Crippen LogP contribution < -0.4 is 5.32 Å². The van der Waals surface area contributed by atoms with Crippen LogP contribution in [0.1, 0.15) is 43.3 Å². The standard InChI is InChI=1S/C20H20FN7.CH4.2ClH/c1-11-7-16(27-28-10-12(2)23-20(11)28)14-8-15(21)18-17(9-14)25-26-19(24-18)13-3-5-22-6-4-13;;;/h7-10,13,22H,3-6H2,1-2H3;1H4;2*1H. The minimum Gasteiger partial charge on any atom is -0.317 e. The molecule has 0 bridgehead atoms. The molecule has 31 heavy (non-hydrogen) atoms. The van der Waals surface area contributed by atoms with E-state index in [1.54, 1.807) is 10.6 Å². The van der Waals surface area contributed by atoms with Gasteiger partial charge in [-0.3, -0.25) is 0 Å². The molecule has 5 rings (SSSR count). The lowest BCUT2D eigenvalue weighted by molar-refractivity contribution is 0.442. The molecule has 0 aliphatic carbocycles. The van der Waals surface area contributed by atoms with E-state index in [0.717, 1.165) is 42.8 Å². The van der Waals surface area contributed by atoms with Crippen LogP contribution in [0.3, 0.4) is 0 Å². The van der Waals surface area contributed by atoms with Crippen molar-refractivity contribution in [1.82, 2.24) is 35.1 Å². The highest BCUT2D eigenvalue weighted by Gasteiger charge is 2.20. The average Bonchev–Trinajstić information content (AvgIpc) is 3.09. The Bertz CT molecular complexity index is 1210. The number of fused-ring (bicyclic) bond motifs is 2. The molecule has 3 aromatic heterocycles. The molecule has 1 fully saturated rings. The molecule has 0 amide bonds. The van der Waals surface area contributed by atoms with Crippen LogP contribution >= 0.6 is 24.8 Å². The van der Waals surface area contributed by atoms with Crippen molar-refractivity contribution in [3.63, 3.8) is 0 Å². The minimum atomic E-state index is -0.404. The lowest BCUT2D eigenvalue weighted by Crippen LogP contribution is -2.27. The highest BCUT2D eigenvalue weighted by Crippen LogP contribution is 2.27. The molecule has 10 heteroatoms. The second-order valence-corrected chi connectivity index (χ2v) is 7.38. The molecule has 1 aliphatic heterocycles. The maximum atomic E-state index is 14.9. The number of hydrogen-bond donors (Lipinski definition) is 1. The number of nitrogens with one attached hydrogen (secondary N) is 1. The van der Waals surface area contributed by atoms with Crippen molar-refractivity contribution in [1.29, 1.82) is 0 Å². The molecule has 1 aliphatic rings. The predicted molar refractivity (Wildman–Crippen MR) is 125 cm³/mol. The van der Waals surface area contributed by atoms with Crippen molar-refractivity contribution in [2.75, 3.05) is 13.1 Å². The number of piperidine rings is 1. The van der Waals surface area contributed by atoms with Crippen LogP contribution in [0.2, 0.25) is 0 Å². The summed E-state index contributed by atoms with van der Waals surface area (Å²) >= 11 is 0. The molecule has 4 aromatic rings. The van der Waals surface area contributed by atoms with Gasteiger partial charge in [0.1, 0.15) is 11.0 Å². The summed E-state index contributed by atoms with van der Waals surface area (Å²) in [6, 6.07) is 5.18. The van der Waals surface area contributed by atoms with Gasteiger partial charge in [-0.15, -0.1) is 35.0 Å². The quantitative estimate of drug-likeness (QED) is 0.471. The van der Waals surface area contributed by atoms with Gasteiger partial charge < -0.3 is 5.32 Å². The van der Waals surface area contributed by atoms with Gasteiger partial charge in [0.15, 0.2) is 17.3 Å². The molecular formula is C21H26Cl2FN7. The monoisotopic (exact) mass is 465 g/mol. The van der Waals surface area contributed by atoms with Crippen molar-refractivity contribution >= 4 is 41.5 Å². The first-order chi connectivity index (χ1) is 13.6. The second kappa shape index (κ2) is 9.80. The summed E-state index contributed by atoms with van der Waals surface area (Å²) in [4.78, 5) is 8.95. The van der Waals surface area contributed by atoms with Gasteiger partial charge in [-0.25, -0.2) is 18.9 Å². The zero-order chi connectivity index (χ0) is 19.3. The van der Waals surface area contributed by atoms with E-state index in [1.807, 2.05) is 26.1 Å². The highest BCUT2D eigenvalue weighted by molar-refractivity contribution is 5.85. The highest BCUT2D eigenvalue weighted by atomic mass is 35.5. The Morgan fingerprint density at radius 2 is 1.77 bits per heavy atom. The Morgan fingerprint density at radius 3 is 2.52 bits per heavy atom. The molecule has 0 saturated carbocycles. The summed E-state index contributed by atoms with van der Waals surface area (Å²) < 4.78 is 16.6. The SMILES string of the molecule is C.Cc1cn2nc(-c3cc(F)c4nc(C5CCNCC5)nnc4c3)cc(C)c2n1.Cl.Cl. The summed E-state index contributed by atoms with van der Waals surface area (Å²) in [5.74, 6) is 0.456. The molecule has 1 N–H and O–H groups in total. The molecule has 0 spiro atoms. The van der Waals surface area contributed by atoms with Crippen LogP contribution in [-0.2, 0) is 0 Å². The fraction of sp³-hybridized carbons (Fsp3) is 0.381. The van der Waals surface area contributed by atoms with E-state index < -0.39 is 5.82 Å². The van der Waals surface area contributed by atoms with Gasteiger partial charge >= 0.3 is 0 Å². The number of aryl methyl sites for hydroxylation is 2. The molecular weight excluding hydrogens is 440 g/mol. The van der Waals surface area contributed by atoms with Gasteiger partial charge in [0.05, 0.1) is 17.6 Å². The third kappa shape index (κ3) is 4.61. The number of hydrogen-bond acceptors (Lipinski definition) is 6. The fourth-order valence-electron chi connectivity index (χ4n) is 3.80. The summed E-state index contributed by atoms with van der Waals surface area (Å²) in [7, 11) is 0. The average molecular weight is 466 g/mol. The van der Waals surface area contributed by atoms with Crippen molar-refractivity contribution in [3.05, 3.63) is 47.3 Å². The smallest absolute Gasteiger partial charge is 0.156 e. The number of halogens is 3. The lowest BCUT2D eigenvalue weighted by Gasteiger charge is -2.20. The van der Waals surface area contributed by atoms with E-state index in [0.29, 0.717) is 22.6 Å². The van der Waals surface area contributed by atoms with Crippen LogP contribution in [0.4, 0.5) is 4.39 Å². The van der Waals surface area contributed by atoms with E-state index in [-0.39, 0.29) is 43.7 Å². The Kier molecular flexibility index (Phi) is 7.86. The van der Waals surface area contributed by atoms with E-state index in [1.165, 1.54) is 6.07 Å². The van der Waals surface area contributed by atoms with Gasteiger partial charge in [0, 0.05) is 11.5 Å². The first-order valence-electron chi connectivity index (χ1n) is 9.47. The first-order valence-corrected chi connectivity index (χ1v) is 9.47. The van der Waals surface area contributed by atoms with Crippen molar-refractivity contribution in [3.8, 4) is 11.3 Å². The molecule has 4 heterocycles. The maximum Gasteiger partial charge on any atom is 0.156 e. The van der Waals surface area contributed by atoms with Crippen molar-refractivity contribution < 1.29 is 4.39 Å². The number of aromatic nitrogens is 6. The van der Waals surface area contributed by atoms with Crippen molar-refractivity contribution in [2.24, 2.45) is 0 Å². The van der Waals surface area contributed by atoms with Crippen LogP contribution in [0.5, 0.6) is 0 Å². The van der Waals surface area contributed by atoms with Crippen LogP contribution in [0.15, 0.2) is 24.4 Å². The molecule has 166 valence electrons. The normalized spacial score (nSPS) is 14.0. The maximum absolute atomic E-state index is 14.9. The fourth-order valence-corrected chi connectivity index (χ4v) is 3.80. The Morgan fingerprint density at radius 1 is 1.03 bits per heavy atom. The zero-order valence-corrected chi connectivity index (χ0v) is 18.2. The number of nitrogens with zero attached hydrogens (tertiary/aromatic N) is 6. The van der Waals surface area contributed by atoms with Gasteiger partial charge in [0.2, 0.25) is 0 Å². The number of imidazole rings is 1. The lowest BCUT2D eigenvalue weighted by atomic mass is 9.97. The van der Waals surface area contributed by atoms with Gasteiger partial charge in [0.25, 0.3) is 0 Å². The van der Waals surface area contributed by atoms with E-state index >= 15 is 0 Å². The van der Waals surface area contributed by atoms with Gasteiger partial charge in [-0.1, -0.05) is 7.43 Å². The third-order valence-electron chi connectivity index (χ3n) is 5.26. The largest absolute Gasteiger partial charge is 0.317 e. The number of benzene rings is 1. The molecule has 1 aromatic carbocycles. The second-order valence-electron chi connectivity index (χ2n) is 7.38. The summed E-state index contributed by atoms with van der Waals surface area (Å²) in [6.45, 7) is 5.74. The molecule has 0 unspecified atom stereocenters. The zero-order valence-electron chi connectivity index (χ0n) is 16.6. The molecule has 0 radical (unpaired) electrons. The summed E-state index contributed by atoms with van der Waals surface area (Å²) in [5.41, 5.74) is 4.68. The predicted octanol–water partition coefficient (Wildman–Crippen LogP) is 4.44. The summed E-state index contributed by atoms with van der Waals surface area (Å²) in [5, 5.41) is 16.5.